The number of rotatable bonds is 2. The van der Waals surface area contributed by atoms with Gasteiger partial charge in [0.1, 0.15) is 5.75 Å². The molecule has 0 bridgehead atoms. The number of aliphatic hydroxyl groups is 2. The van der Waals surface area contributed by atoms with Gasteiger partial charge in [-0.2, -0.15) is 0 Å². The van der Waals surface area contributed by atoms with Gasteiger partial charge in [0.15, 0.2) is 5.78 Å². The Balaban J connectivity index is 2.59. The lowest BCUT2D eigenvalue weighted by Crippen LogP contribution is -2.39. The minimum Gasteiger partial charge on any atom is -0.493 e. The second kappa shape index (κ2) is 4.71. The lowest BCUT2D eigenvalue weighted by Gasteiger charge is -2.26. The van der Waals surface area contributed by atoms with Crippen molar-refractivity contribution in [3.8, 4) is 5.75 Å². The molecule has 1 aliphatic rings. The fraction of sp³-hybridized carbons (Fsp3) is 0.500. The summed E-state index contributed by atoms with van der Waals surface area (Å²) in [6.45, 7) is 3.38. The molecule has 1 aromatic rings. The van der Waals surface area contributed by atoms with E-state index in [1.807, 2.05) is 26.0 Å². The maximum Gasteiger partial charge on any atom is 0.177 e. The molecule has 18 heavy (non-hydrogen) atoms. The molecule has 2 N–H and O–H groups in total. The third-order valence-corrected chi connectivity index (χ3v) is 3.60. The molecule has 4 heteroatoms. The number of carbonyl (C=O) groups is 1. The summed E-state index contributed by atoms with van der Waals surface area (Å²) in [5, 5.41) is 18.9. The van der Waals surface area contributed by atoms with E-state index in [0.29, 0.717) is 24.3 Å². The monoisotopic (exact) mass is 250 g/mol. The first kappa shape index (κ1) is 13.1. The normalized spacial score (nSPS) is 17.9. The minimum absolute atomic E-state index is 0.225. The third kappa shape index (κ3) is 1.91. The third-order valence-electron chi connectivity index (χ3n) is 3.60. The van der Waals surface area contributed by atoms with Gasteiger partial charge in [0.2, 0.25) is 0 Å². The molecule has 0 aliphatic carbocycles. The summed E-state index contributed by atoms with van der Waals surface area (Å²) in [4.78, 5) is 12.6. The van der Waals surface area contributed by atoms with Crippen LogP contribution in [-0.4, -0.2) is 35.8 Å². The van der Waals surface area contributed by atoms with Gasteiger partial charge in [-0.3, -0.25) is 4.79 Å². The zero-order valence-electron chi connectivity index (χ0n) is 10.7. The molecule has 0 aromatic heterocycles. The maximum absolute atomic E-state index is 12.6. The highest BCUT2D eigenvalue weighted by Crippen LogP contribution is 2.36. The summed E-state index contributed by atoms with van der Waals surface area (Å²) in [5.74, 6) is 0.332. The molecule has 2 rings (SSSR count). The second-order valence-corrected chi connectivity index (χ2v) is 4.98. The highest BCUT2D eigenvalue weighted by atomic mass is 16.5. The van der Waals surface area contributed by atoms with Crippen LogP contribution in [0.1, 0.15) is 27.9 Å². The van der Waals surface area contributed by atoms with E-state index < -0.39 is 5.41 Å². The number of Topliss-reactive ketones (excluding diaryl/α,β-unsaturated/α-hetero) is 1. The number of fused-ring (bicyclic) bond motifs is 1. The van der Waals surface area contributed by atoms with Gasteiger partial charge in [-0.15, -0.1) is 0 Å². The zero-order valence-corrected chi connectivity index (χ0v) is 10.7. The molecule has 98 valence electrons. The van der Waals surface area contributed by atoms with Crippen LogP contribution in [0.15, 0.2) is 12.1 Å². The van der Waals surface area contributed by atoms with E-state index in [4.69, 9.17) is 4.74 Å². The quantitative estimate of drug-likeness (QED) is 0.828. The molecular weight excluding hydrogens is 232 g/mol. The molecular formula is C14H18O4. The summed E-state index contributed by atoms with van der Waals surface area (Å²) in [6, 6.07) is 3.73. The van der Waals surface area contributed by atoms with Gasteiger partial charge in [-0.1, -0.05) is 6.07 Å². The van der Waals surface area contributed by atoms with Crippen LogP contribution in [0, 0.1) is 19.3 Å². The number of carbonyl (C=O) groups excluding carboxylic acids is 1. The molecule has 0 saturated heterocycles. The number of ketones is 1. The zero-order chi connectivity index (χ0) is 13.3. The van der Waals surface area contributed by atoms with E-state index in [9.17, 15) is 15.0 Å². The van der Waals surface area contributed by atoms with E-state index in [0.717, 1.165) is 11.1 Å². The van der Waals surface area contributed by atoms with E-state index in [1.165, 1.54) is 0 Å². The van der Waals surface area contributed by atoms with Crippen molar-refractivity contribution in [3.63, 3.8) is 0 Å². The summed E-state index contributed by atoms with van der Waals surface area (Å²) >= 11 is 0. The molecule has 0 spiro atoms. The van der Waals surface area contributed by atoms with Crippen molar-refractivity contribution < 1.29 is 19.7 Å². The van der Waals surface area contributed by atoms with Gasteiger partial charge in [0.05, 0.1) is 30.8 Å². The summed E-state index contributed by atoms with van der Waals surface area (Å²) in [7, 11) is 0. The number of hydrogen-bond donors (Lipinski definition) is 2. The fourth-order valence-corrected chi connectivity index (χ4v) is 2.42. The molecule has 0 radical (unpaired) electrons. The molecule has 1 heterocycles. The standard InChI is InChI=1S/C14H18O4/c1-9-5-10(2)12-11(6-9)18-4-3-14(7-15,8-16)13(12)17/h5-6,15-16H,3-4,7-8H2,1-2H3. The number of benzene rings is 1. The summed E-state index contributed by atoms with van der Waals surface area (Å²) in [5.41, 5.74) is 1.22. The van der Waals surface area contributed by atoms with Gasteiger partial charge in [-0.25, -0.2) is 0 Å². The van der Waals surface area contributed by atoms with Gasteiger partial charge in [-0.05, 0) is 37.5 Å². The van der Waals surface area contributed by atoms with Crippen LogP contribution < -0.4 is 4.74 Å². The molecule has 0 saturated carbocycles. The van der Waals surface area contributed by atoms with Crippen LogP contribution in [0.2, 0.25) is 0 Å². The number of hydrogen-bond acceptors (Lipinski definition) is 4. The number of aryl methyl sites for hydroxylation is 2. The smallest absolute Gasteiger partial charge is 0.177 e. The van der Waals surface area contributed by atoms with Crippen molar-refractivity contribution in [1.82, 2.24) is 0 Å². The van der Waals surface area contributed by atoms with Crippen LogP contribution in [0.3, 0.4) is 0 Å². The Bertz CT molecular complexity index is 475. The highest BCUT2D eigenvalue weighted by Gasteiger charge is 2.41. The van der Waals surface area contributed by atoms with Crippen LogP contribution in [-0.2, 0) is 0 Å². The molecule has 0 atom stereocenters. The molecule has 1 aliphatic heterocycles. The molecule has 0 amide bonds. The van der Waals surface area contributed by atoms with Gasteiger partial charge in [0.25, 0.3) is 0 Å². The van der Waals surface area contributed by atoms with E-state index >= 15 is 0 Å². The molecule has 4 nitrogen and oxygen atoms in total. The molecule has 0 fully saturated rings. The van der Waals surface area contributed by atoms with E-state index in [-0.39, 0.29) is 19.0 Å². The molecule has 1 aromatic carbocycles. The van der Waals surface area contributed by atoms with Crippen molar-refractivity contribution in [2.24, 2.45) is 5.41 Å². The van der Waals surface area contributed by atoms with Crippen molar-refractivity contribution in [3.05, 3.63) is 28.8 Å². The first-order valence-electron chi connectivity index (χ1n) is 6.04. The van der Waals surface area contributed by atoms with Crippen molar-refractivity contribution in [1.29, 1.82) is 0 Å². The maximum atomic E-state index is 12.6. The van der Waals surface area contributed by atoms with Crippen LogP contribution >= 0.6 is 0 Å². The first-order valence-corrected chi connectivity index (χ1v) is 6.04. The predicted molar refractivity (Wildman–Crippen MR) is 67.0 cm³/mol. The van der Waals surface area contributed by atoms with Crippen molar-refractivity contribution in [2.75, 3.05) is 19.8 Å². The van der Waals surface area contributed by atoms with Gasteiger partial charge >= 0.3 is 0 Å². The Morgan fingerprint density at radius 1 is 1.28 bits per heavy atom. The topological polar surface area (TPSA) is 66.8 Å². The van der Waals surface area contributed by atoms with Gasteiger partial charge in [0, 0.05) is 0 Å². The molecule has 0 unspecified atom stereocenters. The lowest BCUT2D eigenvalue weighted by molar-refractivity contribution is 0.0345. The van der Waals surface area contributed by atoms with Crippen molar-refractivity contribution >= 4 is 5.78 Å². The Labute approximate surface area is 106 Å². The Morgan fingerprint density at radius 3 is 2.56 bits per heavy atom. The Hall–Kier alpha value is -1.39. The predicted octanol–water partition coefficient (Wildman–Crippen LogP) is 1.24. The summed E-state index contributed by atoms with van der Waals surface area (Å²) < 4.78 is 5.60. The van der Waals surface area contributed by atoms with Crippen LogP contribution in [0.5, 0.6) is 5.75 Å². The summed E-state index contributed by atoms with van der Waals surface area (Å²) in [6.07, 6.45) is 0.325. The van der Waals surface area contributed by atoms with Crippen LogP contribution in [0.25, 0.3) is 0 Å². The van der Waals surface area contributed by atoms with E-state index in [1.54, 1.807) is 0 Å². The largest absolute Gasteiger partial charge is 0.493 e. The first-order chi connectivity index (χ1) is 8.54. The average molecular weight is 250 g/mol. The Morgan fingerprint density at radius 2 is 1.94 bits per heavy atom. The van der Waals surface area contributed by atoms with Crippen LogP contribution in [0.4, 0.5) is 0 Å². The number of aliphatic hydroxyl groups excluding tert-OH is 2. The average Bonchev–Trinajstić information content (AvgIpc) is 2.46. The highest BCUT2D eigenvalue weighted by molar-refractivity contribution is 6.04. The van der Waals surface area contributed by atoms with E-state index in [2.05, 4.69) is 0 Å². The fourth-order valence-electron chi connectivity index (χ4n) is 2.42. The Kier molecular flexibility index (Phi) is 3.41. The van der Waals surface area contributed by atoms with Crippen molar-refractivity contribution in [2.45, 2.75) is 20.3 Å². The second-order valence-electron chi connectivity index (χ2n) is 4.98. The minimum atomic E-state index is -1.12. The SMILES string of the molecule is Cc1cc(C)c2c(c1)OCCC(CO)(CO)C2=O. The lowest BCUT2D eigenvalue weighted by atomic mass is 9.78. The number of ether oxygens (including phenoxy) is 1. The van der Waals surface area contributed by atoms with Gasteiger partial charge < -0.3 is 14.9 Å².